The number of halogens is 4. The first-order valence-corrected chi connectivity index (χ1v) is 7.15. The van der Waals surface area contributed by atoms with Crippen molar-refractivity contribution in [2.75, 3.05) is 6.54 Å². The Hall–Kier alpha value is -1.84. The standard InChI is InChI=1S/C12H13BrF3N5O/c1-20-10(12(14,15)16)8(13)9(19-20)11(22)17-4-2-6-21-7-3-5-18-21/h3,5,7H,2,4,6H2,1H3,(H,17,22). The highest BCUT2D eigenvalue weighted by atomic mass is 79.9. The lowest BCUT2D eigenvalue weighted by molar-refractivity contribution is -0.144. The Bertz CT molecular complexity index is 651. The minimum Gasteiger partial charge on any atom is -0.351 e. The highest BCUT2D eigenvalue weighted by Gasteiger charge is 2.39. The lowest BCUT2D eigenvalue weighted by Gasteiger charge is -2.06. The van der Waals surface area contributed by atoms with E-state index in [1.54, 1.807) is 23.1 Å². The average Bonchev–Trinajstić information content (AvgIpc) is 3.01. The summed E-state index contributed by atoms with van der Waals surface area (Å²) in [6, 6.07) is 1.78. The largest absolute Gasteiger partial charge is 0.434 e. The van der Waals surface area contributed by atoms with Crippen LogP contribution in [-0.2, 0) is 19.8 Å². The van der Waals surface area contributed by atoms with Crippen molar-refractivity contribution in [3.05, 3.63) is 34.3 Å². The molecule has 0 bridgehead atoms. The molecule has 2 rings (SSSR count). The number of hydrogen-bond donors (Lipinski definition) is 1. The van der Waals surface area contributed by atoms with Crippen LogP contribution in [0, 0.1) is 0 Å². The highest BCUT2D eigenvalue weighted by molar-refractivity contribution is 9.10. The van der Waals surface area contributed by atoms with Crippen LogP contribution in [-0.4, -0.2) is 32.0 Å². The maximum Gasteiger partial charge on any atom is 0.434 e. The molecule has 0 fully saturated rings. The van der Waals surface area contributed by atoms with E-state index in [0.29, 0.717) is 24.2 Å². The van der Waals surface area contributed by atoms with Gasteiger partial charge in [-0.05, 0) is 28.4 Å². The van der Waals surface area contributed by atoms with Gasteiger partial charge in [0.1, 0.15) is 0 Å². The Balaban J connectivity index is 1.95. The van der Waals surface area contributed by atoms with Crippen LogP contribution in [0.2, 0.25) is 0 Å². The van der Waals surface area contributed by atoms with Gasteiger partial charge in [-0.15, -0.1) is 0 Å². The van der Waals surface area contributed by atoms with Gasteiger partial charge in [0.05, 0.1) is 4.47 Å². The van der Waals surface area contributed by atoms with Crippen molar-refractivity contribution in [2.24, 2.45) is 7.05 Å². The molecule has 1 amide bonds. The smallest absolute Gasteiger partial charge is 0.351 e. The van der Waals surface area contributed by atoms with Crippen LogP contribution in [0.15, 0.2) is 22.9 Å². The molecule has 0 radical (unpaired) electrons. The number of amides is 1. The van der Waals surface area contributed by atoms with Crippen molar-refractivity contribution in [1.29, 1.82) is 0 Å². The van der Waals surface area contributed by atoms with Gasteiger partial charge in [0, 0.05) is 32.5 Å². The van der Waals surface area contributed by atoms with E-state index in [0.717, 1.165) is 7.05 Å². The van der Waals surface area contributed by atoms with Gasteiger partial charge in [-0.2, -0.15) is 23.4 Å². The quantitative estimate of drug-likeness (QED) is 0.810. The van der Waals surface area contributed by atoms with Crippen LogP contribution >= 0.6 is 15.9 Å². The molecule has 10 heteroatoms. The predicted molar refractivity (Wildman–Crippen MR) is 75.1 cm³/mol. The Labute approximate surface area is 132 Å². The fraction of sp³-hybridized carbons (Fsp3) is 0.417. The summed E-state index contributed by atoms with van der Waals surface area (Å²) < 4.78 is 40.4. The van der Waals surface area contributed by atoms with Gasteiger partial charge in [-0.3, -0.25) is 14.2 Å². The fourth-order valence-electron chi connectivity index (χ4n) is 1.91. The second kappa shape index (κ2) is 6.51. The topological polar surface area (TPSA) is 64.7 Å². The van der Waals surface area contributed by atoms with E-state index in [1.807, 2.05) is 0 Å². The second-order valence-corrected chi connectivity index (χ2v) is 5.30. The van der Waals surface area contributed by atoms with Crippen LogP contribution < -0.4 is 5.32 Å². The number of nitrogens with zero attached hydrogens (tertiary/aromatic N) is 4. The summed E-state index contributed by atoms with van der Waals surface area (Å²) in [5, 5.41) is 10.2. The molecule has 0 aliphatic heterocycles. The van der Waals surface area contributed by atoms with Gasteiger partial charge in [0.15, 0.2) is 11.4 Å². The molecule has 0 atom stereocenters. The second-order valence-electron chi connectivity index (χ2n) is 4.51. The SMILES string of the molecule is Cn1nc(C(=O)NCCCn2cccn2)c(Br)c1C(F)(F)F. The molecule has 6 nitrogen and oxygen atoms in total. The third-order valence-electron chi connectivity index (χ3n) is 2.88. The van der Waals surface area contributed by atoms with Crippen LogP contribution in [0.3, 0.4) is 0 Å². The van der Waals surface area contributed by atoms with Crippen LogP contribution in [0.5, 0.6) is 0 Å². The zero-order chi connectivity index (χ0) is 16.3. The number of hydrogen-bond acceptors (Lipinski definition) is 3. The number of rotatable bonds is 5. The van der Waals surface area contributed by atoms with Crippen molar-refractivity contribution in [3.8, 4) is 0 Å². The molecule has 1 N–H and O–H groups in total. The maximum absolute atomic E-state index is 12.8. The molecule has 0 saturated heterocycles. The fourth-order valence-corrected chi connectivity index (χ4v) is 2.65. The van der Waals surface area contributed by atoms with Gasteiger partial charge in [-0.25, -0.2) is 0 Å². The zero-order valence-corrected chi connectivity index (χ0v) is 13.1. The van der Waals surface area contributed by atoms with Crippen molar-refractivity contribution >= 4 is 21.8 Å². The molecular weight excluding hydrogens is 367 g/mol. The lowest BCUT2D eigenvalue weighted by Crippen LogP contribution is -2.26. The van der Waals surface area contributed by atoms with E-state index in [-0.39, 0.29) is 10.2 Å². The van der Waals surface area contributed by atoms with Crippen molar-refractivity contribution < 1.29 is 18.0 Å². The molecule has 2 aromatic heterocycles. The lowest BCUT2D eigenvalue weighted by atomic mass is 10.3. The molecule has 120 valence electrons. The first-order chi connectivity index (χ1) is 10.3. The first-order valence-electron chi connectivity index (χ1n) is 6.36. The van der Waals surface area contributed by atoms with Crippen LogP contribution in [0.25, 0.3) is 0 Å². The molecule has 0 aromatic carbocycles. The summed E-state index contributed by atoms with van der Waals surface area (Å²) in [6.45, 7) is 0.910. The Morgan fingerprint density at radius 2 is 2.18 bits per heavy atom. The third-order valence-corrected chi connectivity index (χ3v) is 3.63. The number of carbonyl (C=O) groups is 1. The van der Waals surface area contributed by atoms with Crippen LogP contribution in [0.4, 0.5) is 13.2 Å². The van der Waals surface area contributed by atoms with Crippen molar-refractivity contribution in [1.82, 2.24) is 24.9 Å². The number of aryl methyl sites for hydroxylation is 2. The molecular formula is C12H13BrF3N5O. The van der Waals surface area contributed by atoms with E-state index in [1.165, 1.54) is 0 Å². The molecule has 2 aromatic rings. The van der Waals surface area contributed by atoms with E-state index in [4.69, 9.17) is 0 Å². The summed E-state index contributed by atoms with van der Waals surface area (Å²) in [7, 11) is 1.14. The van der Waals surface area contributed by atoms with E-state index < -0.39 is 17.8 Å². The molecule has 0 saturated carbocycles. The summed E-state index contributed by atoms with van der Waals surface area (Å²) in [5.74, 6) is -0.654. The van der Waals surface area contributed by atoms with Gasteiger partial charge >= 0.3 is 6.18 Å². The minimum atomic E-state index is -4.58. The third kappa shape index (κ3) is 3.67. The van der Waals surface area contributed by atoms with Gasteiger partial charge < -0.3 is 5.32 Å². The van der Waals surface area contributed by atoms with E-state index in [2.05, 4.69) is 31.4 Å². The molecule has 2 heterocycles. The van der Waals surface area contributed by atoms with Gasteiger partial charge in [0.25, 0.3) is 5.91 Å². The molecule has 22 heavy (non-hydrogen) atoms. The summed E-state index contributed by atoms with van der Waals surface area (Å²) in [5.41, 5.74) is -1.27. The van der Waals surface area contributed by atoms with Crippen molar-refractivity contribution in [2.45, 2.75) is 19.1 Å². The van der Waals surface area contributed by atoms with E-state index >= 15 is 0 Å². The molecule has 0 aliphatic carbocycles. The minimum absolute atomic E-state index is 0.283. The number of aromatic nitrogens is 4. The maximum atomic E-state index is 12.8. The normalized spacial score (nSPS) is 11.7. The van der Waals surface area contributed by atoms with Crippen LogP contribution in [0.1, 0.15) is 22.6 Å². The summed E-state index contributed by atoms with van der Waals surface area (Å²) in [4.78, 5) is 11.9. The average molecular weight is 380 g/mol. The molecule has 0 aliphatic rings. The summed E-state index contributed by atoms with van der Waals surface area (Å²) in [6.07, 6.45) is -0.557. The van der Waals surface area contributed by atoms with E-state index in [9.17, 15) is 18.0 Å². The monoisotopic (exact) mass is 379 g/mol. The predicted octanol–water partition coefficient (Wildman–Crippen LogP) is 2.22. The first kappa shape index (κ1) is 16.5. The number of alkyl halides is 3. The zero-order valence-electron chi connectivity index (χ0n) is 11.6. The number of carbonyl (C=O) groups excluding carboxylic acids is 1. The molecule has 0 spiro atoms. The van der Waals surface area contributed by atoms with Gasteiger partial charge in [-0.1, -0.05) is 0 Å². The van der Waals surface area contributed by atoms with Crippen molar-refractivity contribution in [3.63, 3.8) is 0 Å². The Morgan fingerprint density at radius 1 is 1.45 bits per heavy atom. The van der Waals surface area contributed by atoms with Gasteiger partial charge in [0.2, 0.25) is 0 Å². The number of nitrogens with one attached hydrogen (secondary N) is 1. The Morgan fingerprint density at radius 3 is 2.73 bits per heavy atom. The Kier molecular flexibility index (Phi) is 4.89. The molecule has 0 unspecified atom stereocenters. The summed E-state index contributed by atoms with van der Waals surface area (Å²) >= 11 is 2.80. The highest BCUT2D eigenvalue weighted by Crippen LogP contribution is 2.36.